The maximum Gasteiger partial charge on any atom is 0.417 e. The SMILES string of the molecule is CC(C)CCN=C(N)NCCOc1ccc(C(F)(F)F)cn1.I. The number of rotatable bonds is 7. The van der Waals surface area contributed by atoms with Crippen LogP contribution in [0.4, 0.5) is 13.2 Å². The first-order valence-electron chi connectivity index (χ1n) is 6.99. The summed E-state index contributed by atoms with van der Waals surface area (Å²) >= 11 is 0. The highest BCUT2D eigenvalue weighted by atomic mass is 127. The molecule has 3 N–H and O–H groups in total. The van der Waals surface area contributed by atoms with Gasteiger partial charge in [0.05, 0.1) is 12.1 Å². The molecule has 1 aromatic rings. The van der Waals surface area contributed by atoms with E-state index in [9.17, 15) is 13.2 Å². The van der Waals surface area contributed by atoms with Crippen LogP contribution >= 0.6 is 24.0 Å². The highest BCUT2D eigenvalue weighted by Gasteiger charge is 2.30. The third-order valence-electron chi connectivity index (χ3n) is 2.71. The van der Waals surface area contributed by atoms with E-state index < -0.39 is 11.7 Å². The zero-order valence-electron chi connectivity index (χ0n) is 13.1. The summed E-state index contributed by atoms with van der Waals surface area (Å²) in [7, 11) is 0. The number of nitrogens with zero attached hydrogens (tertiary/aromatic N) is 2. The van der Waals surface area contributed by atoms with Crippen molar-refractivity contribution in [2.75, 3.05) is 19.7 Å². The predicted octanol–water partition coefficient (Wildman–Crippen LogP) is 3.05. The van der Waals surface area contributed by atoms with Crippen LogP contribution in [0.15, 0.2) is 23.3 Å². The van der Waals surface area contributed by atoms with Crippen molar-refractivity contribution < 1.29 is 17.9 Å². The Kier molecular flexibility index (Phi) is 9.93. The van der Waals surface area contributed by atoms with Gasteiger partial charge in [-0.1, -0.05) is 13.8 Å². The normalized spacial score (nSPS) is 12.0. The van der Waals surface area contributed by atoms with Gasteiger partial charge in [0, 0.05) is 18.8 Å². The van der Waals surface area contributed by atoms with Gasteiger partial charge in [0.2, 0.25) is 5.88 Å². The molecular formula is C14H22F3IN4O. The topological polar surface area (TPSA) is 72.5 Å². The summed E-state index contributed by atoms with van der Waals surface area (Å²) in [5.41, 5.74) is 4.84. The number of alkyl halides is 3. The Morgan fingerprint density at radius 1 is 1.39 bits per heavy atom. The fourth-order valence-corrected chi connectivity index (χ4v) is 1.47. The fraction of sp³-hybridized carbons (Fsp3) is 0.571. The highest BCUT2D eigenvalue weighted by molar-refractivity contribution is 14.0. The summed E-state index contributed by atoms with van der Waals surface area (Å²) in [6, 6.07) is 2.11. The van der Waals surface area contributed by atoms with Crippen molar-refractivity contribution in [3.05, 3.63) is 23.9 Å². The molecule has 0 fully saturated rings. The highest BCUT2D eigenvalue weighted by Crippen LogP contribution is 2.29. The summed E-state index contributed by atoms with van der Waals surface area (Å²) in [5.74, 6) is 1.01. The van der Waals surface area contributed by atoms with Crippen molar-refractivity contribution in [2.45, 2.75) is 26.4 Å². The van der Waals surface area contributed by atoms with Crippen LogP contribution in [0.2, 0.25) is 0 Å². The van der Waals surface area contributed by atoms with Crippen LogP contribution in [0.3, 0.4) is 0 Å². The van der Waals surface area contributed by atoms with Crippen molar-refractivity contribution in [1.29, 1.82) is 0 Å². The van der Waals surface area contributed by atoms with E-state index in [0.717, 1.165) is 18.7 Å². The van der Waals surface area contributed by atoms with Gasteiger partial charge in [0.25, 0.3) is 0 Å². The molecule has 0 saturated carbocycles. The molecule has 0 aromatic carbocycles. The van der Waals surface area contributed by atoms with Crippen LogP contribution in [-0.2, 0) is 6.18 Å². The molecule has 0 aliphatic rings. The van der Waals surface area contributed by atoms with Gasteiger partial charge in [-0.2, -0.15) is 13.2 Å². The lowest BCUT2D eigenvalue weighted by atomic mass is 10.1. The van der Waals surface area contributed by atoms with Gasteiger partial charge in [0.1, 0.15) is 6.61 Å². The van der Waals surface area contributed by atoms with Crippen LogP contribution < -0.4 is 15.8 Å². The molecule has 132 valence electrons. The molecular weight excluding hydrogens is 424 g/mol. The van der Waals surface area contributed by atoms with E-state index in [-0.39, 0.29) is 36.5 Å². The minimum absolute atomic E-state index is 0. The smallest absolute Gasteiger partial charge is 0.417 e. The zero-order chi connectivity index (χ0) is 16.6. The number of aromatic nitrogens is 1. The first-order chi connectivity index (χ1) is 10.3. The van der Waals surface area contributed by atoms with Gasteiger partial charge in [0.15, 0.2) is 5.96 Å². The van der Waals surface area contributed by atoms with Crippen LogP contribution in [0.5, 0.6) is 5.88 Å². The van der Waals surface area contributed by atoms with E-state index >= 15 is 0 Å². The van der Waals surface area contributed by atoms with Gasteiger partial charge < -0.3 is 15.8 Å². The molecule has 0 aliphatic heterocycles. The van der Waals surface area contributed by atoms with Gasteiger partial charge in [-0.3, -0.25) is 4.99 Å². The first kappa shape index (κ1) is 21.7. The van der Waals surface area contributed by atoms with E-state index in [1.165, 1.54) is 6.07 Å². The van der Waals surface area contributed by atoms with Crippen molar-refractivity contribution in [3.8, 4) is 5.88 Å². The number of nitrogens with one attached hydrogen (secondary N) is 1. The second kappa shape index (κ2) is 10.5. The summed E-state index contributed by atoms with van der Waals surface area (Å²) < 4.78 is 42.3. The van der Waals surface area contributed by atoms with E-state index in [1.807, 2.05) is 0 Å². The number of halogens is 4. The van der Waals surface area contributed by atoms with Crippen molar-refractivity contribution in [3.63, 3.8) is 0 Å². The first-order valence-corrected chi connectivity index (χ1v) is 6.99. The number of hydrogen-bond acceptors (Lipinski definition) is 3. The Balaban J connectivity index is 0.00000484. The van der Waals surface area contributed by atoms with Crippen LogP contribution in [0.25, 0.3) is 0 Å². The quantitative estimate of drug-likeness (QED) is 0.292. The largest absolute Gasteiger partial charge is 0.476 e. The Labute approximate surface area is 150 Å². The maximum absolute atomic E-state index is 12.3. The molecule has 0 spiro atoms. The minimum atomic E-state index is -4.39. The molecule has 0 unspecified atom stereocenters. The zero-order valence-corrected chi connectivity index (χ0v) is 15.4. The molecule has 0 aliphatic carbocycles. The fourth-order valence-electron chi connectivity index (χ4n) is 1.47. The van der Waals surface area contributed by atoms with Gasteiger partial charge >= 0.3 is 6.18 Å². The molecule has 0 atom stereocenters. The third-order valence-corrected chi connectivity index (χ3v) is 2.71. The number of aliphatic imine (C=N–C) groups is 1. The summed E-state index contributed by atoms with van der Waals surface area (Å²) in [6.07, 6.45) is -2.70. The molecule has 0 bridgehead atoms. The van der Waals surface area contributed by atoms with E-state index in [1.54, 1.807) is 0 Å². The van der Waals surface area contributed by atoms with Gasteiger partial charge in [-0.05, 0) is 18.4 Å². The molecule has 0 saturated heterocycles. The second-order valence-corrected chi connectivity index (χ2v) is 5.11. The molecule has 23 heavy (non-hydrogen) atoms. The van der Waals surface area contributed by atoms with E-state index in [2.05, 4.69) is 29.1 Å². The summed E-state index contributed by atoms with van der Waals surface area (Å²) in [4.78, 5) is 7.73. The van der Waals surface area contributed by atoms with Crippen molar-refractivity contribution in [2.24, 2.45) is 16.6 Å². The Morgan fingerprint density at radius 3 is 2.61 bits per heavy atom. The maximum atomic E-state index is 12.3. The van der Waals surface area contributed by atoms with Gasteiger partial charge in [-0.25, -0.2) is 4.98 Å². The average molecular weight is 446 g/mol. The number of guanidine groups is 1. The Morgan fingerprint density at radius 2 is 2.09 bits per heavy atom. The summed E-state index contributed by atoms with van der Waals surface area (Å²) in [6.45, 7) is 5.46. The molecule has 0 radical (unpaired) electrons. The molecule has 1 heterocycles. The Hall–Kier alpha value is -1.26. The summed E-state index contributed by atoms with van der Waals surface area (Å²) in [5, 5.41) is 2.86. The monoisotopic (exact) mass is 446 g/mol. The lowest BCUT2D eigenvalue weighted by Gasteiger charge is -2.09. The third kappa shape index (κ3) is 9.47. The lowest BCUT2D eigenvalue weighted by molar-refractivity contribution is -0.137. The lowest BCUT2D eigenvalue weighted by Crippen LogP contribution is -2.35. The van der Waals surface area contributed by atoms with Crippen LogP contribution in [0.1, 0.15) is 25.8 Å². The van der Waals surface area contributed by atoms with E-state index in [4.69, 9.17) is 10.5 Å². The number of pyridine rings is 1. The minimum Gasteiger partial charge on any atom is -0.476 e. The predicted molar refractivity (Wildman–Crippen MR) is 94.1 cm³/mol. The standard InChI is InChI=1S/C14H21F3N4O.HI/c1-10(2)5-6-19-13(18)20-7-8-22-12-4-3-11(9-21-12)14(15,16)17;/h3-4,9-10H,5-8H2,1-2H3,(H3,18,19,20);1H. The van der Waals surface area contributed by atoms with Crippen molar-refractivity contribution in [1.82, 2.24) is 10.3 Å². The van der Waals surface area contributed by atoms with Crippen molar-refractivity contribution >= 4 is 29.9 Å². The van der Waals surface area contributed by atoms with Gasteiger partial charge in [-0.15, -0.1) is 24.0 Å². The molecule has 9 heteroatoms. The number of ether oxygens (including phenoxy) is 1. The molecule has 0 amide bonds. The number of hydrogen-bond donors (Lipinski definition) is 2. The average Bonchev–Trinajstić information content (AvgIpc) is 2.43. The molecule has 1 aromatic heterocycles. The molecule has 1 rings (SSSR count). The van der Waals surface area contributed by atoms with E-state index in [0.29, 0.717) is 25.0 Å². The Bertz CT molecular complexity index is 478. The van der Waals surface area contributed by atoms with Crippen LogP contribution in [0, 0.1) is 5.92 Å². The number of nitrogens with two attached hydrogens (primary N) is 1. The second-order valence-electron chi connectivity index (χ2n) is 5.11. The van der Waals surface area contributed by atoms with Crippen LogP contribution in [-0.4, -0.2) is 30.6 Å². The molecule has 5 nitrogen and oxygen atoms in total.